The second-order valence-electron chi connectivity index (χ2n) is 3.73. The predicted molar refractivity (Wildman–Crippen MR) is 63.4 cm³/mol. The first-order chi connectivity index (χ1) is 7.20. The van der Waals surface area contributed by atoms with E-state index in [1.54, 1.807) is 0 Å². The van der Waals surface area contributed by atoms with Crippen LogP contribution in [0.5, 0.6) is 0 Å². The smallest absolute Gasteiger partial charge is 0.222 e. The Balaban J connectivity index is 3.36. The van der Waals surface area contributed by atoms with Crippen LogP contribution in [0.4, 0.5) is 0 Å². The van der Waals surface area contributed by atoms with Crippen molar-refractivity contribution >= 4 is 5.91 Å². The number of hydrogen-bond acceptors (Lipinski definition) is 2. The molecule has 0 aromatic rings. The molecule has 2 N–H and O–H groups in total. The molecular formula is C12H22N2O. The van der Waals surface area contributed by atoms with Crippen molar-refractivity contribution in [2.45, 2.75) is 45.6 Å². The number of unbranched alkanes of at least 4 members (excludes halogenated alkanes) is 1. The Morgan fingerprint density at radius 2 is 2.27 bits per heavy atom. The number of carbonyl (C=O) groups excluding carboxylic acids is 1. The second-order valence-corrected chi connectivity index (χ2v) is 3.73. The average molecular weight is 210 g/mol. The predicted octanol–water partition coefficient (Wildman–Crippen LogP) is 1.29. The van der Waals surface area contributed by atoms with E-state index in [0.29, 0.717) is 19.0 Å². The molecule has 86 valence electrons. The molecule has 0 bridgehead atoms. The lowest BCUT2D eigenvalue weighted by Crippen LogP contribution is -2.32. The molecule has 0 heterocycles. The minimum absolute atomic E-state index is 0.0168. The third-order valence-corrected chi connectivity index (χ3v) is 2.22. The van der Waals surface area contributed by atoms with Gasteiger partial charge in [0.2, 0.25) is 5.91 Å². The van der Waals surface area contributed by atoms with Crippen LogP contribution in [0.15, 0.2) is 0 Å². The zero-order valence-corrected chi connectivity index (χ0v) is 9.81. The molecule has 0 aromatic heterocycles. The summed E-state index contributed by atoms with van der Waals surface area (Å²) in [6.07, 6.45) is 9.15. The Bertz CT molecular complexity index is 208. The van der Waals surface area contributed by atoms with Crippen LogP contribution in [-0.2, 0) is 4.79 Å². The molecule has 0 aliphatic rings. The molecule has 0 saturated carbocycles. The molecule has 3 nitrogen and oxygen atoms in total. The van der Waals surface area contributed by atoms with Crippen LogP contribution in [0.2, 0.25) is 0 Å². The van der Waals surface area contributed by atoms with Crippen molar-refractivity contribution in [1.82, 2.24) is 10.6 Å². The second kappa shape index (κ2) is 9.54. The van der Waals surface area contributed by atoms with Gasteiger partial charge in [0, 0.05) is 19.0 Å². The van der Waals surface area contributed by atoms with Gasteiger partial charge in [0.15, 0.2) is 0 Å². The van der Waals surface area contributed by atoms with Gasteiger partial charge in [0.25, 0.3) is 0 Å². The SMILES string of the molecule is C#CCNC(=O)CCNC(C)CCCC. The molecule has 0 aromatic carbocycles. The molecule has 1 atom stereocenters. The van der Waals surface area contributed by atoms with E-state index in [1.807, 2.05) is 0 Å². The summed E-state index contributed by atoms with van der Waals surface area (Å²) in [5, 5.41) is 5.95. The third kappa shape index (κ3) is 9.30. The lowest BCUT2D eigenvalue weighted by molar-refractivity contribution is -0.120. The van der Waals surface area contributed by atoms with E-state index >= 15 is 0 Å². The molecular weight excluding hydrogens is 188 g/mol. The van der Waals surface area contributed by atoms with Gasteiger partial charge in [0.05, 0.1) is 6.54 Å². The Morgan fingerprint density at radius 1 is 1.53 bits per heavy atom. The summed E-state index contributed by atoms with van der Waals surface area (Å²) in [4.78, 5) is 11.2. The zero-order chi connectivity index (χ0) is 11.5. The highest BCUT2D eigenvalue weighted by molar-refractivity contribution is 5.76. The van der Waals surface area contributed by atoms with E-state index in [-0.39, 0.29) is 5.91 Å². The molecule has 0 fully saturated rings. The first kappa shape index (κ1) is 14.0. The number of terminal acetylenes is 1. The van der Waals surface area contributed by atoms with Crippen LogP contribution in [0.3, 0.4) is 0 Å². The quantitative estimate of drug-likeness (QED) is 0.593. The molecule has 3 heteroatoms. The van der Waals surface area contributed by atoms with Crippen molar-refractivity contribution in [3.8, 4) is 12.3 Å². The van der Waals surface area contributed by atoms with Gasteiger partial charge in [-0.2, -0.15) is 0 Å². The monoisotopic (exact) mass is 210 g/mol. The largest absolute Gasteiger partial charge is 0.345 e. The summed E-state index contributed by atoms with van der Waals surface area (Å²) >= 11 is 0. The summed E-state index contributed by atoms with van der Waals surface area (Å²) in [5.74, 6) is 2.39. The topological polar surface area (TPSA) is 41.1 Å². The van der Waals surface area contributed by atoms with E-state index in [9.17, 15) is 4.79 Å². The number of hydrogen-bond donors (Lipinski definition) is 2. The van der Waals surface area contributed by atoms with Gasteiger partial charge in [-0.1, -0.05) is 25.7 Å². The maximum absolute atomic E-state index is 11.2. The normalized spacial score (nSPS) is 11.8. The Hall–Kier alpha value is -1.01. The van der Waals surface area contributed by atoms with E-state index in [2.05, 4.69) is 30.4 Å². The maximum Gasteiger partial charge on any atom is 0.222 e. The van der Waals surface area contributed by atoms with Gasteiger partial charge in [-0.15, -0.1) is 6.42 Å². The van der Waals surface area contributed by atoms with Crippen LogP contribution in [0.1, 0.15) is 39.5 Å². The summed E-state index contributed by atoms with van der Waals surface area (Å²) in [5.41, 5.74) is 0. The molecule has 15 heavy (non-hydrogen) atoms. The van der Waals surface area contributed by atoms with Crippen LogP contribution in [0.25, 0.3) is 0 Å². The van der Waals surface area contributed by atoms with E-state index < -0.39 is 0 Å². The van der Waals surface area contributed by atoms with Crippen molar-refractivity contribution in [1.29, 1.82) is 0 Å². The van der Waals surface area contributed by atoms with Crippen molar-refractivity contribution in [3.05, 3.63) is 0 Å². The first-order valence-corrected chi connectivity index (χ1v) is 5.64. The summed E-state index contributed by atoms with van der Waals surface area (Å²) in [7, 11) is 0. The van der Waals surface area contributed by atoms with Gasteiger partial charge >= 0.3 is 0 Å². The van der Waals surface area contributed by atoms with Crippen LogP contribution < -0.4 is 10.6 Å². The summed E-state index contributed by atoms with van der Waals surface area (Å²) in [6.45, 7) is 5.38. The fourth-order valence-corrected chi connectivity index (χ4v) is 1.28. The molecule has 1 unspecified atom stereocenters. The highest BCUT2D eigenvalue weighted by atomic mass is 16.1. The van der Waals surface area contributed by atoms with Gasteiger partial charge in [-0.3, -0.25) is 4.79 Å². The highest BCUT2D eigenvalue weighted by Gasteiger charge is 2.02. The van der Waals surface area contributed by atoms with Gasteiger partial charge in [0.1, 0.15) is 0 Å². The Kier molecular flexibility index (Phi) is 8.90. The Labute approximate surface area is 93.0 Å². The average Bonchev–Trinajstić information content (AvgIpc) is 2.23. The summed E-state index contributed by atoms with van der Waals surface area (Å²) < 4.78 is 0. The van der Waals surface area contributed by atoms with Crippen LogP contribution >= 0.6 is 0 Å². The van der Waals surface area contributed by atoms with E-state index in [4.69, 9.17) is 6.42 Å². The first-order valence-electron chi connectivity index (χ1n) is 5.64. The van der Waals surface area contributed by atoms with Crippen molar-refractivity contribution in [2.75, 3.05) is 13.1 Å². The molecule has 0 aliphatic carbocycles. The van der Waals surface area contributed by atoms with E-state index in [0.717, 1.165) is 6.54 Å². The van der Waals surface area contributed by atoms with Gasteiger partial charge < -0.3 is 10.6 Å². The fourth-order valence-electron chi connectivity index (χ4n) is 1.28. The van der Waals surface area contributed by atoms with Crippen molar-refractivity contribution in [2.24, 2.45) is 0 Å². The Morgan fingerprint density at radius 3 is 2.87 bits per heavy atom. The van der Waals surface area contributed by atoms with Gasteiger partial charge in [-0.25, -0.2) is 0 Å². The van der Waals surface area contributed by atoms with Gasteiger partial charge in [-0.05, 0) is 13.3 Å². The lowest BCUT2D eigenvalue weighted by atomic mass is 10.1. The molecule has 0 rings (SSSR count). The molecule has 0 saturated heterocycles. The summed E-state index contributed by atoms with van der Waals surface area (Å²) in [6, 6.07) is 0.491. The standard InChI is InChI=1S/C12H22N2O/c1-4-6-7-11(3)13-10-8-12(15)14-9-5-2/h2,11,13H,4,6-10H2,1,3H3,(H,14,15). The number of nitrogens with one attached hydrogen (secondary N) is 2. The van der Waals surface area contributed by atoms with Crippen molar-refractivity contribution in [3.63, 3.8) is 0 Å². The molecule has 0 aliphatic heterocycles. The fraction of sp³-hybridized carbons (Fsp3) is 0.750. The number of carbonyl (C=O) groups is 1. The third-order valence-electron chi connectivity index (χ3n) is 2.22. The molecule has 0 radical (unpaired) electrons. The molecule has 1 amide bonds. The lowest BCUT2D eigenvalue weighted by Gasteiger charge is -2.12. The van der Waals surface area contributed by atoms with E-state index in [1.165, 1.54) is 19.3 Å². The zero-order valence-electron chi connectivity index (χ0n) is 9.81. The highest BCUT2D eigenvalue weighted by Crippen LogP contribution is 1.98. The minimum Gasteiger partial charge on any atom is -0.345 e. The van der Waals surface area contributed by atoms with Crippen molar-refractivity contribution < 1.29 is 4.79 Å². The number of amides is 1. The maximum atomic E-state index is 11.2. The van der Waals surface area contributed by atoms with Crippen LogP contribution in [0, 0.1) is 12.3 Å². The minimum atomic E-state index is 0.0168. The van der Waals surface area contributed by atoms with Crippen LogP contribution in [-0.4, -0.2) is 25.0 Å². The molecule has 0 spiro atoms. The number of rotatable bonds is 8.